The second-order valence-corrected chi connectivity index (χ2v) is 7.15. The Balaban J connectivity index is 1.62. The number of amides is 2. The quantitative estimate of drug-likeness (QED) is 0.870. The van der Waals surface area contributed by atoms with Gasteiger partial charge in [0.15, 0.2) is 0 Å². The zero-order valence-corrected chi connectivity index (χ0v) is 14.5. The van der Waals surface area contributed by atoms with E-state index in [1.807, 2.05) is 23.1 Å². The average Bonchev–Trinajstić information content (AvgIpc) is 3.24. The number of carbonyl (C=O) groups is 2. The summed E-state index contributed by atoms with van der Waals surface area (Å²) in [6.07, 6.45) is 6.91. The molecule has 0 aromatic heterocycles. The van der Waals surface area contributed by atoms with Crippen LogP contribution >= 0.6 is 0 Å². The first-order valence-electron chi connectivity index (χ1n) is 9.33. The molecule has 1 saturated heterocycles. The van der Waals surface area contributed by atoms with E-state index in [1.165, 1.54) is 12.8 Å². The minimum Gasteiger partial charge on any atom is -0.349 e. The summed E-state index contributed by atoms with van der Waals surface area (Å²) in [6.45, 7) is 2.73. The van der Waals surface area contributed by atoms with E-state index in [-0.39, 0.29) is 23.8 Å². The second-order valence-electron chi connectivity index (χ2n) is 7.15. The van der Waals surface area contributed by atoms with Crippen molar-refractivity contribution in [1.29, 1.82) is 0 Å². The lowest BCUT2D eigenvalue weighted by Crippen LogP contribution is -2.38. The number of hydrogen-bond acceptors (Lipinski definition) is 2. The third kappa shape index (κ3) is 3.80. The molecule has 1 aliphatic heterocycles. The Kier molecular flexibility index (Phi) is 5.54. The van der Waals surface area contributed by atoms with Gasteiger partial charge in [-0.2, -0.15) is 0 Å². The van der Waals surface area contributed by atoms with Gasteiger partial charge in [-0.1, -0.05) is 56.5 Å². The molecule has 1 aromatic carbocycles. The molecule has 0 spiro atoms. The maximum atomic E-state index is 12.7. The molecule has 1 saturated carbocycles. The van der Waals surface area contributed by atoms with Gasteiger partial charge in [-0.15, -0.1) is 0 Å². The van der Waals surface area contributed by atoms with Gasteiger partial charge in [0.05, 0.1) is 12.0 Å². The van der Waals surface area contributed by atoms with E-state index in [0.29, 0.717) is 19.0 Å². The standard InChI is InChI=1S/C20H28N2O2/c1-2-8-18(15-9-4-3-5-10-15)21-20(24)16-13-19(23)22(14-16)17-11-6-7-12-17/h3-5,9-10,16-18H,2,6-8,11-14H2,1H3,(H,21,24)/t16-,18+/m1/s1. The van der Waals surface area contributed by atoms with Gasteiger partial charge in [-0.05, 0) is 24.8 Å². The Bertz CT molecular complexity index is 566. The van der Waals surface area contributed by atoms with Crippen LogP contribution in [0.3, 0.4) is 0 Å². The van der Waals surface area contributed by atoms with E-state index < -0.39 is 0 Å². The van der Waals surface area contributed by atoms with Crippen LogP contribution in [0.4, 0.5) is 0 Å². The first-order chi connectivity index (χ1) is 11.7. The molecule has 0 radical (unpaired) electrons. The van der Waals surface area contributed by atoms with Gasteiger partial charge in [0.25, 0.3) is 0 Å². The Morgan fingerprint density at radius 1 is 1.25 bits per heavy atom. The minimum absolute atomic E-state index is 0.0335. The molecule has 24 heavy (non-hydrogen) atoms. The largest absolute Gasteiger partial charge is 0.349 e. The highest BCUT2D eigenvalue weighted by atomic mass is 16.2. The van der Waals surface area contributed by atoms with Crippen LogP contribution in [0, 0.1) is 5.92 Å². The number of nitrogens with zero attached hydrogens (tertiary/aromatic N) is 1. The zero-order valence-electron chi connectivity index (χ0n) is 14.5. The van der Waals surface area contributed by atoms with Crippen molar-refractivity contribution < 1.29 is 9.59 Å². The van der Waals surface area contributed by atoms with E-state index in [4.69, 9.17) is 0 Å². The highest BCUT2D eigenvalue weighted by molar-refractivity contribution is 5.89. The highest BCUT2D eigenvalue weighted by Gasteiger charge is 2.39. The van der Waals surface area contributed by atoms with Crippen LogP contribution in [0.15, 0.2) is 30.3 Å². The summed E-state index contributed by atoms with van der Waals surface area (Å²) < 4.78 is 0. The van der Waals surface area contributed by atoms with E-state index in [0.717, 1.165) is 31.2 Å². The van der Waals surface area contributed by atoms with E-state index >= 15 is 0 Å². The molecule has 4 heteroatoms. The molecule has 1 N–H and O–H groups in total. The Labute approximate surface area is 144 Å². The maximum Gasteiger partial charge on any atom is 0.225 e. The van der Waals surface area contributed by atoms with Gasteiger partial charge >= 0.3 is 0 Å². The van der Waals surface area contributed by atoms with Gasteiger partial charge < -0.3 is 10.2 Å². The minimum atomic E-state index is -0.193. The molecule has 0 bridgehead atoms. The molecule has 0 unspecified atom stereocenters. The van der Waals surface area contributed by atoms with Gasteiger partial charge in [-0.25, -0.2) is 0 Å². The Morgan fingerprint density at radius 2 is 1.96 bits per heavy atom. The first kappa shape index (κ1) is 17.0. The number of benzene rings is 1. The zero-order chi connectivity index (χ0) is 16.9. The first-order valence-corrected chi connectivity index (χ1v) is 9.33. The van der Waals surface area contributed by atoms with E-state index in [2.05, 4.69) is 24.4 Å². The van der Waals surface area contributed by atoms with Crippen molar-refractivity contribution in [3.63, 3.8) is 0 Å². The van der Waals surface area contributed by atoms with Crippen LogP contribution < -0.4 is 5.32 Å². The van der Waals surface area contributed by atoms with Crippen molar-refractivity contribution in [2.75, 3.05) is 6.54 Å². The predicted molar refractivity (Wildman–Crippen MR) is 94.3 cm³/mol. The fraction of sp³-hybridized carbons (Fsp3) is 0.600. The fourth-order valence-electron chi connectivity index (χ4n) is 4.06. The third-order valence-corrected chi connectivity index (χ3v) is 5.39. The van der Waals surface area contributed by atoms with Crippen LogP contribution in [0.2, 0.25) is 0 Å². The number of carbonyl (C=O) groups excluding carboxylic acids is 2. The van der Waals surface area contributed by atoms with Crippen LogP contribution in [-0.2, 0) is 9.59 Å². The molecule has 2 atom stereocenters. The molecular weight excluding hydrogens is 300 g/mol. The van der Waals surface area contributed by atoms with Crippen molar-refractivity contribution in [2.24, 2.45) is 5.92 Å². The number of rotatable bonds is 6. The van der Waals surface area contributed by atoms with Crippen molar-refractivity contribution >= 4 is 11.8 Å². The summed E-state index contributed by atoms with van der Waals surface area (Å²) in [5, 5.41) is 3.19. The van der Waals surface area contributed by atoms with Crippen molar-refractivity contribution in [3.8, 4) is 0 Å². The third-order valence-electron chi connectivity index (χ3n) is 5.39. The highest BCUT2D eigenvalue weighted by Crippen LogP contribution is 2.30. The maximum absolute atomic E-state index is 12.7. The smallest absolute Gasteiger partial charge is 0.225 e. The van der Waals surface area contributed by atoms with Crippen molar-refractivity contribution in [2.45, 2.75) is 64.0 Å². The van der Waals surface area contributed by atoms with Crippen LogP contribution in [0.1, 0.15) is 63.5 Å². The fourth-order valence-corrected chi connectivity index (χ4v) is 4.06. The van der Waals surface area contributed by atoms with Gasteiger partial charge in [0.1, 0.15) is 0 Å². The molecule has 2 fully saturated rings. The summed E-state index contributed by atoms with van der Waals surface area (Å²) in [6, 6.07) is 10.5. The predicted octanol–water partition coefficient (Wildman–Crippen LogP) is 3.44. The lowest BCUT2D eigenvalue weighted by Gasteiger charge is -2.24. The second kappa shape index (κ2) is 7.82. The SMILES string of the molecule is CCC[C@H](NC(=O)[C@@H]1CC(=O)N(C2CCCC2)C1)c1ccccc1. The van der Waals surface area contributed by atoms with Gasteiger partial charge in [0.2, 0.25) is 11.8 Å². The molecule has 3 rings (SSSR count). The summed E-state index contributed by atoms with van der Waals surface area (Å²) >= 11 is 0. The Morgan fingerprint density at radius 3 is 2.62 bits per heavy atom. The average molecular weight is 328 g/mol. The lowest BCUT2D eigenvalue weighted by molar-refractivity contribution is -0.130. The topological polar surface area (TPSA) is 49.4 Å². The lowest BCUT2D eigenvalue weighted by atomic mass is 10.0. The summed E-state index contributed by atoms with van der Waals surface area (Å²) in [5.74, 6) is 0.00104. The summed E-state index contributed by atoms with van der Waals surface area (Å²) in [7, 11) is 0. The van der Waals surface area contributed by atoms with Gasteiger partial charge in [-0.3, -0.25) is 9.59 Å². The molecule has 2 aliphatic rings. The van der Waals surface area contributed by atoms with Crippen LogP contribution in [0.5, 0.6) is 0 Å². The summed E-state index contributed by atoms with van der Waals surface area (Å²) in [4.78, 5) is 27.0. The molecule has 130 valence electrons. The number of nitrogens with one attached hydrogen (secondary N) is 1. The molecule has 1 heterocycles. The monoisotopic (exact) mass is 328 g/mol. The number of hydrogen-bond donors (Lipinski definition) is 1. The number of likely N-dealkylation sites (tertiary alicyclic amines) is 1. The van der Waals surface area contributed by atoms with Gasteiger partial charge in [0, 0.05) is 19.0 Å². The van der Waals surface area contributed by atoms with E-state index in [1.54, 1.807) is 0 Å². The molecular formula is C20H28N2O2. The Hall–Kier alpha value is -1.84. The van der Waals surface area contributed by atoms with E-state index in [9.17, 15) is 9.59 Å². The molecule has 1 aliphatic carbocycles. The van der Waals surface area contributed by atoms with Crippen molar-refractivity contribution in [1.82, 2.24) is 10.2 Å². The molecule has 2 amide bonds. The van der Waals surface area contributed by atoms with Crippen LogP contribution in [0.25, 0.3) is 0 Å². The molecule has 4 nitrogen and oxygen atoms in total. The van der Waals surface area contributed by atoms with Crippen molar-refractivity contribution in [3.05, 3.63) is 35.9 Å². The summed E-state index contributed by atoms with van der Waals surface area (Å²) in [5.41, 5.74) is 1.14. The molecule has 1 aromatic rings. The normalized spacial score (nSPS) is 22.8. The van der Waals surface area contributed by atoms with Crippen LogP contribution in [-0.4, -0.2) is 29.3 Å².